The largest absolute Gasteiger partial charge is 0.388 e. The lowest BCUT2D eigenvalue weighted by Gasteiger charge is -2.17. The number of nitrogens with one attached hydrogen (secondary N) is 2. The Balaban J connectivity index is 1.78. The van der Waals surface area contributed by atoms with Gasteiger partial charge in [-0.2, -0.15) is 0 Å². The lowest BCUT2D eigenvalue weighted by atomic mass is 10.0. The van der Waals surface area contributed by atoms with E-state index in [0.29, 0.717) is 13.0 Å². The Labute approximate surface area is 107 Å². The molecule has 0 fully saturated rings. The molecule has 0 aliphatic carbocycles. The Kier molecular flexibility index (Phi) is 4.50. The van der Waals surface area contributed by atoms with E-state index in [1.54, 1.807) is 12.4 Å². The van der Waals surface area contributed by atoms with Gasteiger partial charge in [0.2, 0.25) is 0 Å². The number of aliphatic hydroxyl groups is 1. The van der Waals surface area contributed by atoms with Crippen LogP contribution in [0, 0.1) is 0 Å². The molecule has 3 N–H and O–H groups in total. The van der Waals surface area contributed by atoms with E-state index in [1.807, 2.05) is 30.3 Å². The lowest BCUT2D eigenvalue weighted by molar-refractivity contribution is 0.153. The zero-order valence-electron chi connectivity index (χ0n) is 10.5. The van der Waals surface area contributed by atoms with E-state index >= 15 is 0 Å². The minimum absolute atomic E-state index is 0.227. The molecule has 0 saturated heterocycles. The summed E-state index contributed by atoms with van der Waals surface area (Å²) in [4.78, 5) is 7.19. The van der Waals surface area contributed by atoms with E-state index in [9.17, 15) is 5.11 Å². The smallest absolute Gasteiger partial charge is 0.120 e. The summed E-state index contributed by atoms with van der Waals surface area (Å²) in [5.41, 5.74) is 0.962. The van der Waals surface area contributed by atoms with Crippen molar-refractivity contribution < 1.29 is 5.11 Å². The van der Waals surface area contributed by atoms with Crippen molar-refractivity contribution in [1.29, 1.82) is 0 Å². The number of hydrogen-bond acceptors (Lipinski definition) is 3. The van der Waals surface area contributed by atoms with Gasteiger partial charge in [0.15, 0.2) is 0 Å². The van der Waals surface area contributed by atoms with Crippen LogP contribution in [0.5, 0.6) is 0 Å². The van der Waals surface area contributed by atoms with Gasteiger partial charge in [-0.15, -0.1) is 0 Å². The second-order valence-electron chi connectivity index (χ2n) is 4.48. The van der Waals surface area contributed by atoms with Crippen molar-refractivity contribution in [1.82, 2.24) is 15.3 Å². The number of rotatable bonds is 6. The third-order valence-corrected chi connectivity index (χ3v) is 2.93. The van der Waals surface area contributed by atoms with Crippen LogP contribution in [0.4, 0.5) is 0 Å². The maximum absolute atomic E-state index is 10.1. The number of hydrogen-bond donors (Lipinski definition) is 3. The Bertz CT molecular complexity index is 441. The van der Waals surface area contributed by atoms with Crippen molar-refractivity contribution in [2.75, 3.05) is 0 Å². The molecule has 0 aliphatic rings. The van der Waals surface area contributed by atoms with Crippen LogP contribution in [0.2, 0.25) is 0 Å². The highest BCUT2D eigenvalue weighted by molar-refractivity contribution is 5.17. The Morgan fingerprint density at radius 3 is 2.78 bits per heavy atom. The van der Waals surface area contributed by atoms with Gasteiger partial charge in [0.25, 0.3) is 0 Å². The van der Waals surface area contributed by atoms with Crippen molar-refractivity contribution in [2.24, 2.45) is 0 Å². The fourth-order valence-electron chi connectivity index (χ4n) is 1.90. The molecular weight excluding hydrogens is 226 g/mol. The molecule has 4 nitrogen and oxygen atoms in total. The van der Waals surface area contributed by atoms with Crippen molar-refractivity contribution in [3.05, 3.63) is 54.1 Å². The fourth-order valence-corrected chi connectivity index (χ4v) is 1.90. The second-order valence-corrected chi connectivity index (χ2v) is 4.48. The van der Waals surface area contributed by atoms with Gasteiger partial charge < -0.3 is 15.4 Å². The quantitative estimate of drug-likeness (QED) is 0.729. The third kappa shape index (κ3) is 3.68. The minimum atomic E-state index is -0.426. The Morgan fingerprint density at radius 1 is 1.33 bits per heavy atom. The van der Waals surface area contributed by atoms with Gasteiger partial charge in [0.05, 0.1) is 12.6 Å². The van der Waals surface area contributed by atoms with Gasteiger partial charge >= 0.3 is 0 Å². The predicted molar refractivity (Wildman–Crippen MR) is 70.9 cm³/mol. The highest BCUT2D eigenvalue weighted by Crippen LogP contribution is 2.17. The number of H-pyrrole nitrogens is 1. The summed E-state index contributed by atoms with van der Waals surface area (Å²) < 4.78 is 0. The van der Waals surface area contributed by atoms with Crippen LogP contribution in [-0.2, 0) is 6.54 Å². The zero-order chi connectivity index (χ0) is 12.8. The summed E-state index contributed by atoms with van der Waals surface area (Å²) in [5, 5.41) is 13.4. The Morgan fingerprint density at radius 2 is 2.11 bits per heavy atom. The van der Waals surface area contributed by atoms with Crippen LogP contribution in [-0.4, -0.2) is 21.1 Å². The maximum atomic E-state index is 10.1. The first-order valence-electron chi connectivity index (χ1n) is 6.20. The summed E-state index contributed by atoms with van der Waals surface area (Å²) in [6, 6.07) is 9.96. The zero-order valence-corrected chi connectivity index (χ0v) is 10.5. The molecule has 4 heteroatoms. The van der Waals surface area contributed by atoms with Gasteiger partial charge in [-0.05, 0) is 18.9 Å². The van der Waals surface area contributed by atoms with Gasteiger partial charge in [0.1, 0.15) is 5.82 Å². The first-order valence-corrected chi connectivity index (χ1v) is 6.20. The molecule has 2 atom stereocenters. The molecule has 1 aromatic carbocycles. The van der Waals surface area contributed by atoms with Gasteiger partial charge in [-0.25, -0.2) is 4.98 Å². The highest BCUT2D eigenvalue weighted by Gasteiger charge is 2.11. The highest BCUT2D eigenvalue weighted by atomic mass is 16.3. The summed E-state index contributed by atoms with van der Waals surface area (Å²) in [7, 11) is 0. The molecule has 0 radical (unpaired) electrons. The SMILES string of the molecule is C[C@@H](C[C@H](O)c1ccccc1)NCc1ncc[nH]1. The summed E-state index contributed by atoms with van der Waals surface area (Å²) in [5.74, 6) is 0.913. The van der Waals surface area contributed by atoms with Crippen molar-refractivity contribution in [3.63, 3.8) is 0 Å². The van der Waals surface area contributed by atoms with Crippen molar-refractivity contribution in [3.8, 4) is 0 Å². The molecule has 0 aliphatic heterocycles. The summed E-state index contributed by atoms with van der Waals surface area (Å²) in [6.45, 7) is 2.75. The molecule has 0 unspecified atom stereocenters. The topological polar surface area (TPSA) is 60.9 Å². The first-order chi connectivity index (χ1) is 8.75. The summed E-state index contributed by atoms with van der Waals surface area (Å²) in [6.07, 6.45) is 3.80. The molecule has 0 saturated carbocycles. The van der Waals surface area contributed by atoms with Crippen molar-refractivity contribution >= 4 is 0 Å². The number of aromatic amines is 1. The van der Waals surface area contributed by atoms with Gasteiger partial charge in [0, 0.05) is 18.4 Å². The molecule has 0 bridgehead atoms. The number of aromatic nitrogens is 2. The number of aliphatic hydroxyl groups excluding tert-OH is 1. The maximum Gasteiger partial charge on any atom is 0.120 e. The standard InChI is InChI=1S/C14H19N3O/c1-11(17-10-14-15-7-8-16-14)9-13(18)12-5-3-2-4-6-12/h2-8,11,13,17-18H,9-10H2,1H3,(H,15,16)/t11-,13-/m0/s1. The van der Waals surface area contributed by atoms with Crippen LogP contribution < -0.4 is 5.32 Å². The molecule has 1 heterocycles. The second kappa shape index (κ2) is 6.33. The van der Waals surface area contributed by atoms with Crippen molar-refractivity contribution in [2.45, 2.75) is 32.0 Å². The number of imidazole rings is 1. The monoisotopic (exact) mass is 245 g/mol. The Hall–Kier alpha value is -1.65. The van der Waals surface area contributed by atoms with E-state index in [-0.39, 0.29) is 6.04 Å². The molecule has 0 spiro atoms. The average Bonchev–Trinajstić information content (AvgIpc) is 2.90. The molecule has 1 aromatic heterocycles. The molecule has 2 aromatic rings. The van der Waals surface area contributed by atoms with Crippen LogP contribution in [0.3, 0.4) is 0 Å². The predicted octanol–water partition coefficient (Wildman–Crippen LogP) is 2.01. The number of nitrogens with zero attached hydrogens (tertiary/aromatic N) is 1. The minimum Gasteiger partial charge on any atom is -0.388 e. The van der Waals surface area contributed by atoms with E-state index in [4.69, 9.17) is 0 Å². The van der Waals surface area contributed by atoms with E-state index in [2.05, 4.69) is 22.2 Å². The summed E-state index contributed by atoms with van der Waals surface area (Å²) >= 11 is 0. The number of benzene rings is 1. The van der Waals surface area contributed by atoms with Crippen LogP contribution in [0.25, 0.3) is 0 Å². The molecule has 96 valence electrons. The van der Waals surface area contributed by atoms with E-state index in [0.717, 1.165) is 11.4 Å². The van der Waals surface area contributed by atoms with Gasteiger partial charge in [-0.1, -0.05) is 30.3 Å². The van der Waals surface area contributed by atoms with E-state index in [1.165, 1.54) is 0 Å². The molecule has 18 heavy (non-hydrogen) atoms. The molecule has 0 amide bonds. The van der Waals surface area contributed by atoms with E-state index < -0.39 is 6.10 Å². The van der Waals surface area contributed by atoms with Gasteiger partial charge in [-0.3, -0.25) is 0 Å². The molecular formula is C14H19N3O. The lowest BCUT2D eigenvalue weighted by Crippen LogP contribution is -2.27. The van der Waals surface area contributed by atoms with Crippen LogP contribution >= 0.6 is 0 Å². The molecule has 2 rings (SSSR count). The average molecular weight is 245 g/mol. The first kappa shape index (κ1) is 12.8. The van der Waals surface area contributed by atoms with Crippen LogP contribution in [0.15, 0.2) is 42.7 Å². The third-order valence-electron chi connectivity index (χ3n) is 2.93. The normalized spacial score (nSPS) is 14.3. The van der Waals surface area contributed by atoms with Crippen LogP contribution in [0.1, 0.15) is 30.8 Å². The fraction of sp³-hybridized carbons (Fsp3) is 0.357.